The zero-order chi connectivity index (χ0) is 21.5. The number of quaternary nitrogens is 1. The molecule has 0 aromatic rings. The first-order valence-corrected chi connectivity index (χ1v) is 14.1. The molecule has 1 nitrogen and oxygen atoms in total. The van der Waals surface area contributed by atoms with Gasteiger partial charge in [-0.15, -0.1) is 0 Å². The third-order valence-electron chi connectivity index (χ3n) is 6.94. The lowest BCUT2D eigenvalue weighted by atomic mass is 10.0. The molecule has 0 amide bonds. The maximum Gasteiger partial charge on any atom is 0.0786 e. The Labute approximate surface area is 191 Å². The maximum absolute atomic E-state index is 2.36. The maximum atomic E-state index is 2.36. The topological polar surface area (TPSA) is 0 Å². The van der Waals surface area contributed by atoms with Crippen molar-refractivity contribution in [1.82, 2.24) is 0 Å². The number of halogens is 1. The fourth-order valence-electron chi connectivity index (χ4n) is 4.79. The van der Waals surface area contributed by atoms with Crippen LogP contribution in [0.4, 0.5) is 0 Å². The van der Waals surface area contributed by atoms with Crippen molar-refractivity contribution in [3.8, 4) is 0 Å². The monoisotopic (exact) mass is 429 g/mol. The van der Waals surface area contributed by atoms with Gasteiger partial charge in [0.15, 0.2) is 0 Å². The second kappa shape index (κ2) is 25.2. The van der Waals surface area contributed by atoms with Crippen molar-refractivity contribution < 1.29 is 9.19 Å². The van der Waals surface area contributed by atoms with Gasteiger partial charge in [-0.25, -0.2) is 0 Å². The highest BCUT2D eigenvalue weighted by atomic mass is 19.0. The zero-order valence-corrected chi connectivity index (χ0v) is 21.8. The summed E-state index contributed by atoms with van der Waals surface area (Å²) in [5.74, 6) is 0. The molecule has 0 aromatic heterocycles. The average Bonchev–Trinajstić information content (AvgIpc) is 2.74. The molecule has 0 saturated carbocycles. The van der Waals surface area contributed by atoms with Gasteiger partial charge in [0.2, 0.25) is 0 Å². The zero-order valence-electron chi connectivity index (χ0n) is 21.8. The van der Waals surface area contributed by atoms with E-state index >= 15 is 0 Å². The summed E-state index contributed by atoms with van der Waals surface area (Å²) < 4.78 is 1.44. The standard InChI is InChI=1S/C28H60N.FH/c1-5-9-13-14-15-16-17-18-19-20-21-22-23-24-28-29(25-10-6-2,26-11-7-3)27-12-8-4;/h5-28H2,1-4H3;1H/q+1;/p-1. The largest absolute Gasteiger partial charge is 1.00 e. The van der Waals surface area contributed by atoms with Gasteiger partial charge in [0, 0.05) is 0 Å². The Morgan fingerprint density at radius 3 is 0.833 bits per heavy atom. The summed E-state index contributed by atoms with van der Waals surface area (Å²) >= 11 is 0. The summed E-state index contributed by atoms with van der Waals surface area (Å²) in [6.45, 7) is 15.2. The minimum Gasteiger partial charge on any atom is -1.00 e. The lowest BCUT2D eigenvalue weighted by molar-refractivity contribution is -0.929. The smallest absolute Gasteiger partial charge is 0.0786 e. The minimum absolute atomic E-state index is 0. The molecule has 0 unspecified atom stereocenters. The normalized spacial score (nSPS) is 11.6. The van der Waals surface area contributed by atoms with Crippen LogP contribution in [-0.2, 0) is 0 Å². The third-order valence-corrected chi connectivity index (χ3v) is 6.94. The first-order chi connectivity index (χ1) is 14.2. The third kappa shape index (κ3) is 19.8. The molecule has 0 aliphatic heterocycles. The molecular weight excluding hydrogens is 369 g/mol. The molecule has 2 heteroatoms. The predicted molar refractivity (Wildman–Crippen MR) is 135 cm³/mol. The molecule has 0 radical (unpaired) electrons. The molecule has 0 atom stereocenters. The molecule has 184 valence electrons. The van der Waals surface area contributed by atoms with Gasteiger partial charge in [-0.2, -0.15) is 0 Å². The van der Waals surface area contributed by atoms with E-state index in [4.69, 9.17) is 0 Å². The summed E-state index contributed by atoms with van der Waals surface area (Å²) in [6, 6.07) is 0. The van der Waals surface area contributed by atoms with Crippen LogP contribution in [0.25, 0.3) is 0 Å². The lowest BCUT2D eigenvalue weighted by Crippen LogP contribution is -3.00. The van der Waals surface area contributed by atoms with Gasteiger partial charge >= 0.3 is 0 Å². The lowest BCUT2D eigenvalue weighted by Gasteiger charge is -2.39. The van der Waals surface area contributed by atoms with Crippen LogP contribution >= 0.6 is 0 Å². The highest BCUT2D eigenvalue weighted by Crippen LogP contribution is 2.18. The number of nitrogens with zero attached hydrogens (tertiary/aromatic N) is 1. The molecule has 0 spiro atoms. The summed E-state index contributed by atoms with van der Waals surface area (Å²) in [4.78, 5) is 0. The van der Waals surface area contributed by atoms with Crippen LogP contribution in [-0.4, -0.2) is 30.7 Å². The Hall–Kier alpha value is -0.110. The Morgan fingerprint density at radius 2 is 0.533 bits per heavy atom. The highest BCUT2D eigenvalue weighted by Gasteiger charge is 2.24. The Balaban J connectivity index is 0. The van der Waals surface area contributed by atoms with Crippen LogP contribution in [0.1, 0.15) is 156 Å². The van der Waals surface area contributed by atoms with Gasteiger partial charge in [-0.3, -0.25) is 0 Å². The minimum atomic E-state index is 0. The molecule has 0 fully saturated rings. The second-order valence-corrected chi connectivity index (χ2v) is 9.89. The Bertz CT molecular complexity index is 283. The van der Waals surface area contributed by atoms with Crippen LogP contribution in [0.5, 0.6) is 0 Å². The fourth-order valence-corrected chi connectivity index (χ4v) is 4.79. The molecule has 0 rings (SSSR count). The molecule has 0 aromatic carbocycles. The van der Waals surface area contributed by atoms with E-state index in [-0.39, 0.29) is 4.70 Å². The average molecular weight is 430 g/mol. The fraction of sp³-hybridized carbons (Fsp3) is 1.00. The van der Waals surface area contributed by atoms with Crippen LogP contribution in [0, 0.1) is 0 Å². The van der Waals surface area contributed by atoms with E-state index in [9.17, 15) is 0 Å². The van der Waals surface area contributed by atoms with Crippen molar-refractivity contribution in [2.75, 3.05) is 26.2 Å². The number of rotatable bonds is 24. The van der Waals surface area contributed by atoms with Crippen molar-refractivity contribution in [1.29, 1.82) is 0 Å². The van der Waals surface area contributed by atoms with Crippen LogP contribution in [0.15, 0.2) is 0 Å². The summed E-state index contributed by atoms with van der Waals surface area (Å²) in [5.41, 5.74) is 0. The predicted octanol–water partition coefficient (Wildman–Crippen LogP) is 6.69. The summed E-state index contributed by atoms with van der Waals surface area (Å²) in [5, 5.41) is 0. The van der Waals surface area contributed by atoms with Crippen LogP contribution in [0.2, 0.25) is 0 Å². The molecule has 0 bridgehead atoms. The second-order valence-electron chi connectivity index (χ2n) is 9.89. The first-order valence-electron chi connectivity index (χ1n) is 14.1. The van der Waals surface area contributed by atoms with Crippen LogP contribution < -0.4 is 4.70 Å². The molecule has 0 aliphatic carbocycles. The Kier molecular flexibility index (Phi) is 26.9. The quantitative estimate of drug-likeness (QED) is 0.118. The van der Waals surface area contributed by atoms with Gasteiger partial charge in [0.05, 0.1) is 26.2 Å². The number of unbranched alkanes of at least 4 members (excludes halogenated alkanes) is 16. The van der Waals surface area contributed by atoms with E-state index in [0.29, 0.717) is 0 Å². The van der Waals surface area contributed by atoms with E-state index in [1.807, 2.05) is 0 Å². The molecule has 0 heterocycles. The van der Waals surface area contributed by atoms with Gasteiger partial charge in [-0.1, -0.05) is 124 Å². The van der Waals surface area contributed by atoms with Crippen molar-refractivity contribution in [3.05, 3.63) is 0 Å². The van der Waals surface area contributed by atoms with E-state index in [0.717, 1.165) is 0 Å². The Morgan fingerprint density at radius 1 is 0.300 bits per heavy atom. The molecule has 0 aliphatic rings. The molecule has 0 N–H and O–H groups in total. The number of hydrogen-bond donors (Lipinski definition) is 0. The van der Waals surface area contributed by atoms with E-state index in [2.05, 4.69) is 27.7 Å². The number of hydrogen-bond acceptors (Lipinski definition) is 0. The van der Waals surface area contributed by atoms with Crippen molar-refractivity contribution in [2.45, 2.75) is 156 Å². The van der Waals surface area contributed by atoms with Gasteiger partial charge < -0.3 is 9.19 Å². The molecule has 0 saturated heterocycles. The molecular formula is C28H60FN. The SMILES string of the molecule is CCCCCCCCCCCCCCCC[N+](CCCC)(CCCC)CCCC.[F-]. The van der Waals surface area contributed by atoms with Gasteiger partial charge in [0.25, 0.3) is 0 Å². The van der Waals surface area contributed by atoms with E-state index in [1.165, 1.54) is 159 Å². The summed E-state index contributed by atoms with van der Waals surface area (Å²) in [7, 11) is 0. The van der Waals surface area contributed by atoms with Gasteiger partial charge in [0.1, 0.15) is 0 Å². The van der Waals surface area contributed by atoms with Crippen molar-refractivity contribution in [2.24, 2.45) is 0 Å². The van der Waals surface area contributed by atoms with E-state index < -0.39 is 0 Å². The molecule has 30 heavy (non-hydrogen) atoms. The van der Waals surface area contributed by atoms with E-state index in [1.54, 1.807) is 0 Å². The van der Waals surface area contributed by atoms with Crippen molar-refractivity contribution in [3.63, 3.8) is 0 Å². The van der Waals surface area contributed by atoms with Crippen LogP contribution in [0.3, 0.4) is 0 Å². The first kappa shape index (κ1) is 32.1. The van der Waals surface area contributed by atoms with Crippen molar-refractivity contribution >= 4 is 0 Å². The summed E-state index contributed by atoms with van der Waals surface area (Å²) in [6.07, 6.45) is 28.9. The highest BCUT2D eigenvalue weighted by molar-refractivity contribution is 4.52. The van der Waals surface area contributed by atoms with Gasteiger partial charge in [-0.05, 0) is 32.1 Å².